The van der Waals surface area contributed by atoms with Gasteiger partial charge in [0.2, 0.25) is 0 Å². The molecule has 1 amide bonds. The number of nitrogens with zero attached hydrogens (tertiary/aromatic N) is 1. The number of carbonyl (C=O) groups excluding carboxylic acids is 1. The van der Waals surface area contributed by atoms with Crippen LogP contribution < -0.4 is 0 Å². The fraction of sp³-hybridized carbons (Fsp3) is 0.467. The summed E-state index contributed by atoms with van der Waals surface area (Å²) >= 11 is 0. The molecule has 120 valence electrons. The average Bonchev–Trinajstić information content (AvgIpc) is 2.93. The minimum absolute atomic E-state index is 0.0171. The van der Waals surface area contributed by atoms with Crippen molar-refractivity contribution in [1.82, 2.24) is 4.90 Å². The summed E-state index contributed by atoms with van der Waals surface area (Å²) in [5, 5.41) is 8.93. The van der Waals surface area contributed by atoms with Gasteiger partial charge in [-0.15, -0.1) is 0 Å². The molecule has 0 radical (unpaired) electrons. The maximum absolute atomic E-state index is 12.7. The first-order chi connectivity index (χ1) is 10.4. The Balaban J connectivity index is 2.36. The van der Waals surface area contributed by atoms with E-state index in [1.165, 1.54) is 24.0 Å². The molecule has 0 saturated carbocycles. The van der Waals surface area contributed by atoms with Crippen LogP contribution in [0.2, 0.25) is 0 Å². The van der Waals surface area contributed by atoms with Crippen LogP contribution in [0.15, 0.2) is 29.2 Å². The van der Waals surface area contributed by atoms with E-state index in [0.29, 0.717) is 13.0 Å². The Morgan fingerprint density at radius 2 is 2.00 bits per heavy atom. The molecule has 1 heterocycles. The molecule has 22 heavy (non-hydrogen) atoms. The van der Waals surface area contributed by atoms with Gasteiger partial charge in [0, 0.05) is 12.6 Å². The smallest absolute Gasteiger partial charge is 0.305 e. The van der Waals surface area contributed by atoms with Gasteiger partial charge >= 0.3 is 5.97 Å². The molecule has 1 aromatic rings. The summed E-state index contributed by atoms with van der Waals surface area (Å²) < 4.78 is 24.3. The van der Waals surface area contributed by atoms with E-state index in [0.717, 1.165) is 6.42 Å². The minimum atomic E-state index is -3.51. The lowest BCUT2D eigenvalue weighted by molar-refractivity contribution is -0.137. The van der Waals surface area contributed by atoms with Gasteiger partial charge in [-0.25, -0.2) is 8.42 Å². The lowest BCUT2D eigenvalue weighted by atomic mass is 10.1. The predicted molar refractivity (Wildman–Crippen MR) is 80.5 cm³/mol. The molecule has 2 rings (SSSR count). The standard InChI is InChI=1S/C15H19NO5S/c1-2-22(20,21)13-8-4-3-7-12(13)15(19)16-9-5-6-11(16)10-14(17)18/h3-4,7-8,11H,2,5-6,9-10H2,1H3,(H,17,18). The molecule has 6 nitrogen and oxygen atoms in total. The quantitative estimate of drug-likeness (QED) is 0.887. The monoisotopic (exact) mass is 325 g/mol. The summed E-state index contributed by atoms with van der Waals surface area (Å²) in [5.74, 6) is -1.45. The highest BCUT2D eigenvalue weighted by atomic mass is 32.2. The topological polar surface area (TPSA) is 91.8 Å². The van der Waals surface area contributed by atoms with Gasteiger partial charge in [0.15, 0.2) is 9.84 Å². The number of carboxylic acids is 1. The van der Waals surface area contributed by atoms with Crippen LogP contribution in [0, 0.1) is 0 Å². The van der Waals surface area contributed by atoms with Crippen molar-refractivity contribution in [2.24, 2.45) is 0 Å². The van der Waals surface area contributed by atoms with E-state index in [4.69, 9.17) is 5.11 Å². The zero-order valence-electron chi connectivity index (χ0n) is 12.4. The van der Waals surface area contributed by atoms with Gasteiger partial charge in [0.1, 0.15) is 0 Å². The first kappa shape index (κ1) is 16.5. The van der Waals surface area contributed by atoms with Gasteiger partial charge in [-0.1, -0.05) is 19.1 Å². The van der Waals surface area contributed by atoms with E-state index in [-0.39, 0.29) is 28.7 Å². The van der Waals surface area contributed by atoms with Crippen LogP contribution in [0.3, 0.4) is 0 Å². The Bertz CT molecular complexity index is 683. The minimum Gasteiger partial charge on any atom is -0.481 e. The summed E-state index contributed by atoms with van der Waals surface area (Å²) in [6, 6.07) is 5.74. The number of aliphatic carboxylic acids is 1. The van der Waals surface area contributed by atoms with Crippen molar-refractivity contribution in [3.63, 3.8) is 0 Å². The van der Waals surface area contributed by atoms with Crippen molar-refractivity contribution >= 4 is 21.7 Å². The van der Waals surface area contributed by atoms with E-state index >= 15 is 0 Å². The molecular formula is C15H19NO5S. The molecule has 1 aliphatic rings. The number of amides is 1. The molecule has 7 heteroatoms. The van der Waals surface area contributed by atoms with Gasteiger partial charge in [0.25, 0.3) is 5.91 Å². The molecule has 1 aliphatic heterocycles. The van der Waals surface area contributed by atoms with Crippen molar-refractivity contribution in [3.05, 3.63) is 29.8 Å². The first-order valence-corrected chi connectivity index (χ1v) is 8.86. The molecule has 1 aromatic carbocycles. The zero-order valence-corrected chi connectivity index (χ0v) is 13.2. The van der Waals surface area contributed by atoms with Gasteiger partial charge in [0.05, 0.1) is 22.6 Å². The summed E-state index contributed by atoms with van der Waals surface area (Å²) in [6.07, 6.45) is 1.24. The van der Waals surface area contributed by atoms with E-state index in [1.54, 1.807) is 12.1 Å². The molecule has 0 spiro atoms. The van der Waals surface area contributed by atoms with Crippen molar-refractivity contribution in [2.75, 3.05) is 12.3 Å². The van der Waals surface area contributed by atoms with Crippen molar-refractivity contribution in [1.29, 1.82) is 0 Å². The summed E-state index contributed by atoms with van der Waals surface area (Å²) in [7, 11) is -3.51. The Hall–Kier alpha value is -1.89. The highest BCUT2D eigenvalue weighted by molar-refractivity contribution is 7.91. The second-order valence-corrected chi connectivity index (χ2v) is 7.54. The van der Waals surface area contributed by atoms with Crippen LogP contribution in [0.4, 0.5) is 0 Å². The highest BCUT2D eigenvalue weighted by Crippen LogP contribution is 2.25. The molecule has 0 aliphatic carbocycles. The number of likely N-dealkylation sites (tertiary alicyclic amines) is 1. The van der Waals surface area contributed by atoms with Crippen LogP contribution >= 0.6 is 0 Å². The third-order valence-corrected chi connectivity index (χ3v) is 5.67. The largest absolute Gasteiger partial charge is 0.481 e. The number of carboxylic acid groups (broad SMARTS) is 1. The molecule has 1 unspecified atom stereocenters. The maximum Gasteiger partial charge on any atom is 0.305 e. The zero-order chi connectivity index (χ0) is 16.3. The Labute approximate surface area is 129 Å². The molecule has 1 fully saturated rings. The third-order valence-electron chi connectivity index (χ3n) is 3.88. The summed E-state index contributed by atoms with van der Waals surface area (Å²) in [5.41, 5.74) is 0.127. The fourth-order valence-corrected chi connectivity index (χ4v) is 3.83. The Kier molecular flexibility index (Phi) is 4.85. The van der Waals surface area contributed by atoms with Crippen molar-refractivity contribution in [2.45, 2.75) is 37.1 Å². The fourth-order valence-electron chi connectivity index (χ4n) is 2.74. The first-order valence-electron chi connectivity index (χ1n) is 7.21. The lowest BCUT2D eigenvalue weighted by Crippen LogP contribution is -2.37. The number of sulfone groups is 1. The van der Waals surface area contributed by atoms with Crippen molar-refractivity contribution < 1.29 is 23.1 Å². The Morgan fingerprint density at radius 1 is 1.32 bits per heavy atom. The van der Waals surface area contributed by atoms with Gasteiger partial charge in [-0.05, 0) is 25.0 Å². The SMILES string of the molecule is CCS(=O)(=O)c1ccccc1C(=O)N1CCCC1CC(=O)O. The Morgan fingerprint density at radius 3 is 2.64 bits per heavy atom. The number of benzene rings is 1. The van der Waals surface area contributed by atoms with E-state index < -0.39 is 21.7 Å². The van der Waals surface area contributed by atoms with Crippen LogP contribution in [0.1, 0.15) is 36.5 Å². The third kappa shape index (κ3) is 3.30. The lowest BCUT2D eigenvalue weighted by Gasteiger charge is -2.24. The normalized spacial score (nSPS) is 18.4. The van der Waals surface area contributed by atoms with E-state index in [1.807, 2.05) is 0 Å². The molecular weight excluding hydrogens is 306 g/mol. The predicted octanol–water partition coefficient (Wildman–Crippen LogP) is 1.56. The van der Waals surface area contributed by atoms with E-state index in [9.17, 15) is 18.0 Å². The number of rotatable bonds is 5. The highest BCUT2D eigenvalue weighted by Gasteiger charge is 2.33. The van der Waals surface area contributed by atoms with Gasteiger partial charge < -0.3 is 10.0 Å². The van der Waals surface area contributed by atoms with Gasteiger partial charge in [-0.3, -0.25) is 9.59 Å². The molecule has 1 N–H and O–H groups in total. The second-order valence-electron chi connectivity index (χ2n) is 5.29. The summed E-state index contributed by atoms with van der Waals surface area (Å²) in [4.78, 5) is 25.1. The van der Waals surface area contributed by atoms with Crippen LogP contribution in [0.5, 0.6) is 0 Å². The summed E-state index contributed by atoms with van der Waals surface area (Å²) in [6.45, 7) is 1.98. The van der Waals surface area contributed by atoms with Crippen LogP contribution in [0.25, 0.3) is 0 Å². The van der Waals surface area contributed by atoms with Gasteiger partial charge in [-0.2, -0.15) is 0 Å². The number of carbonyl (C=O) groups is 2. The average molecular weight is 325 g/mol. The number of hydrogen-bond acceptors (Lipinski definition) is 4. The molecule has 0 aromatic heterocycles. The van der Waals surface area contributed by atoms with Crippen molar-refractivity contribution in [3.8, 4) is 0 Å². The number of hydrogen-bond donors (Lipinski definition) is 1. The van der Waals surface area contributed by atoms with E-state index in [2.05, 4.69) is 0 Å². The molecule has 0 bridgehead atoms. The van der Waals surface area contributed by atoms with Crippen LogP contribution in [-0.2, 0) is 14.6 Å². The maximum atomic E-state index is 12.7. The second kappa shape index (κ2) is 6.48. The molecule has 1 saturated heterocycles. The van der Waals surface area contributed by atoms with Crippen LogP contribution in [-0.4, -0.2) is 48.6 Å². The molecule has 1 atom stereocenters.